The third-order valence-corrected chi connectivity index (χ3v) is 14.0. The summed E-state index contributed by atoms with van der Waals surface area (Å²) in [6.45, 7) is 17.8. The molecule has 5 heterocycles. The van der Waals surface area contributed by atoms with Crippen LogP contribution in [0, 0.1) is 17.8 Å². The highest BCUT2D eigenvalue weighted by Crippen LogP contribution is 2.62. The second-order valence-corrected chi connectivity index (χ2v) is 18.2. The van der Waals surface area contributed by atoms with Crippen LogP contribution in [-0.2, 0) is 29.4 Å². The van der Waals surface area contributed by atoms with Gasteiger partial charge in [0.2, 0.25) is 0 Å². The fourth-order valence-corrected chi connectivity index (χ4v) is 12.0. The minimum absolute atomic E-state index is 0.0540. The molecular formula is C33H38B2O6S3. The van der Waals surface area contributed by atoms with E-state index < -0.39 is 0 Å². The Bertz CT molecular complexity index is 1820. The summed E-state index contributed by atoms with van der Waals surface area (Å²) in [6, 6.07) is 7.03. The summed E-state index contributed by atoms with van der Waals surface area (Å²) in [7, 11) is -0.773. The lowest BCUT2D eigenvalue weighted by Gasteiger charge is -2.34. The first-order valence-electron chi connectivity index (χ1n) is 15.4. The smallest absolute Gasteiger partial charge is 0.406 e. The van der Waals surface area contributed by atoms with Crippen LogP contribution in [0.25, 0.3) is 30.3 Å². The van der Waals surface area contributed by atoms with Gasteiger partial charge < -0.3 is 28.8 Å². The lowest BCUT2D eigenvalue weighted by atomic mass is 9.76. The van der Waals surface area contributed by atoms with E-state index in [-0.39, 0.29) is 49.1 Å². The monoisotopic (exact) mass is 648 g/mol. The van der Waals surface area contributed by atoms with Crippen LogP contribution in [0.5, 0.6) is 0 Å². The second kappa shape index (κ2) is 9.75. The van der Waals surface area contributed by atoms with Gasteiger partial charge in [-0.25, -0.2) is 0 Å². The first-order valence-corrected chi connectivity index (χ1v) is 17.8. The third kappa shape index (κ3) is 4.07. The lowest BCUT2D eigenvalue weighted by molar-refractivity contribution is -0.0144. The van der Waals surface area contributed by atoms with Gasteiger partial charge in [-0.1, -0.05) is 41.5 Å². The lowest BCUT2D eigenvalue weighted by Crippen LogP contribution is -2.49. The van der Waals surface area contributed by atoms with Gasteiger partial charge in [-0.05, 0) is 58.3 Å². The van der Waals surface area contributed by atoms with Crippen molar-refractivity contribution in [3.8, 4) is 20.2 Å². The maximum atomic E-state index is 9.74. The highest BCUT2D eigenvalue weighted by molar-refractivity contribution is 7.30. The Morgan fingerprint density at radius 3 is 1.66 bits per heavy atom. The first kappa shape index (κ1) is 29.8. The van der Waals surface area contributed by atoms with E-state index in [0.717, 1.165) is 9.55 Å². The highest BCUT2D eigenvalue weighted by atomic mass is 32.1. The molecule has 8 rings (SSSR count). The predicted octanol–water partition coefficient (Wildman–Crippen LogP) is 5.43. The minimum Gasteiger partial charge on any atom is -0.406 e. The van der Waals surface area contributed by atoms with Gasteiger partial charge in [-0.15, -0.1) is 34.0 Å². The molecule has 2 fully saturated rings. The molecule has 2 N–H and O–H groups in total. The van der Waals surface area contributed by atoms with E-state index in [1.54, 1.807) is 22.7 Å². The van der Waals surface area contributed by atoms with Crippen molar-refractivity contribution in [3.05, 3.63) is 46.0 Å². The summed E-state index contributed by atoms with van der Waals surface area (Å²) < 4.78 is 28.1. The van der Waals surface area contributed by atoms with Crippen molar-refractivity contribution in [1.29, 1.82) is 0 Å². The molecule has 1 aromatic carbocycles. The first-order chi connectivity index (χ1) is 20.8. The number of benzene rings is 1. The molecule has 4 aliphatic rings. The van der Waals surface area contributed by atoms with E-state index in [2.05, 4.69) is 52.8 Å². The minimum atomic E-state index is -0.388. The second-order valence-electron chi connectivity index (χ2n) is 15.0. The van der Waals surface area contributed by atoms with Crippen molar-refractivity contribution in [2.45, 2.75) is 59.3 Å². The van der Waals surface area contributed by atoms with Crippen molar-refractivity contribution >= 4 is 67.9 Å². The van der Waals surface area contributed by atoms with Gasteiger partial charge in [0.25, 0.3) is 0 Å². The third-order valence-electron chi connectivity index (χ3n) is 10.3. The molecule has 11 heteroatoms. The standard InChI is InChI=1S/C33H38B2O6S3/c1-17-8-18-24-29(28-20(30(24,2)3)10-22(43-28)35-40-15-33(7,12-37)16-41-35)44-26(18)25-23(17)27-19(31(25,4)5)9-21(42-27)34-38-13-32(6,11-36)14-39-34/h8-10,36-37H,11-16H2,1-7H3. The fourth-order valence-electron chi connectivity index (χ4n) is 7.44. The van der Waals surface area contributed by atoms with Gasteiger partial charge in [0, 0.05) is 82.5 Å². The van der Waals surface area contributed by atoms with Crippen molar-refractivity contribution in [2.24, 2.45) is 10.8 Å². The Kier molecular flexibility index (Phi) is 6.61. The molecule has 0 atom stereocenters. The molecule has 44 heavy (non-hydrogen) atoms. The molecule has 2 aliphatic carbocycles. The summed E-state index contributed by atoms with van der Waals surface area (Å²) in [5.74, 6) is 0. The summed E-state index contributed by atoms with van der Waals surface area (Å²) in [5, 5.41) is 20.9. The van der Waals surface area contributed by atoms with E-state index in [4.69, 9.17) is 18.6 Å². The van der Waals surface area contributed by atoms with Crippen molar-refractivity contribution in [2.75, 3.05) is 39.6 Å². The van der Waals surface area contributed by atoms with E-state index in [1.807, 2.05) is 25.2 Å². The summed E-state index contributed by atoms with van der Waals surface area (Å²) in [6.07, 6.45) is 0. The van der Waals surface area contributed by atoms with Crippen LogP contribution >= 0.6 is 34.0 Å². The summed E-state index contributed by atoms with van der Waals surface area (Å²) in [4.78, 5) is 4.04. The number of thiophene rings is 3. The topological polar surface area (TPSA) is 77.4 Å². The van der Waals surface area contributed by atoms with Crippen LogP contribution in [0.1, 0.15) is 69.4 Å². The zero-order chi connectivity index (χ0) is 31.0. The molecule has 2 saturated heterocycles. The van der Waals surface area contributed by atoms with Crippen LogP contribution in [0.15, 0.2) is 18.2 Å². The molecule has 230 valence electrons. The SMILES string of the molecule is Cc1cc2c3c(sc2c2c1-c1sc(B4OCC(C)(CO)CO4)cc1C2(C)C)-c1sc(B2OCC(C)(CO)CO2)cc1C3(C)C. The average Bonchev–Trinajstić information content (AvgIpc) is 3.78. The van der Waals surface area contributed by atoms with Crippen LogP contribution in [-0.4, -0.2) is 64.1 Å². The molecule has 6 nitrogen and oxygen atoms in total. The Hall–Kier alpha value is -1.53. The van der Waals surface area contributed by atoms with E-state index in [0.29, 0.717) is 26.4 Å². The van der Waals surface area contributed by atoms with Crippen molar-refractivity contribution in [1.82, 2.24) is 0 Å². The Labute approximate surface area is 271 Å². The molecule has 2 aliphatic heterocycles. The van der Waals surface area contributed by atoms with E-state index in [9.17, 15) is 10.2 Å². The maximum Gasteiger partial charge on any atom is 0.504 e. The van der Waals surface area contributed by atoms with Gasteiger partial charge in [0.05, 0.1) is 13.2 Å². The van der Waals surface area contributed by atoms with Crippen LogP contribution < -0.4 is 9.55 Å². The van der Waals surface area contributed by atoms with Gasteiger partial charge in [0.15, 0.2) is 0 Å². The molecule has 0 unspecified atom stereocenters. The van der Waals surface area contributed by atoms with Gasteiger partial charge in [-0.2, -0.15) is 0 Å². The Morgan fingerprint density at radius 2 is 1.14 bits per heavy atom. The highest BCUT2D eigenvalue weighted by Gasteiger charge is 2.48. The maximum absolute atomic E-state index is 9.74. The number of rotatable bonds is 4. The largest absolute Gasteiger partial charge is 0.504 e. The van der Waals surface area contributed by atoms with Crippen LogP contribution in [0.3, 0.4) is 0 Å². The number of aliphatic hydroxyl groups excluding tert-OH is 2. The average molecular weight is 648 g/mol. The molecular weight excluding hydrogens is 610 g/mol. The molecule has 0 bridgehead atoms. The normalized spacial score (nSPS) is 22.3. The van der Waals surface area contributed by atoms with Gasteiger partial charge in [-0.3, -0.25) is 0 Å². The quantitative estimate of drug-likeness (QED) is 0.288. The predicted molar refractivity (Wildman–Crippen MR) is 182 cm³/mol. The number of hydrogen-bond donors (Lipinski definition) is 2. The molecule has 0 amide bonds. The Morgan fingerprint density at radius 1 is 0.659 bits per heavy atom. The van der Waals surface area contributed by atoms with Crippen LogP contribution in [0.4, 0.5) is 0 Å². The number of aryl methyl sites for hydroxylation is 1. The number of fused-ring (bicyclic) bond motifs is 9. The van der Waals surface area contributed by atoms with Crippen molar-refractivity contribution in [3.63, 3.8) is 0 Å². The molecule has 0 spiro atoms. The van der Waals surface area contributed by atoms with Crippen LogP contribution in [0.2, 0.25) is 0 Å². The molecule has 0 saturated carbocycles. The van der Waals surface area contributed by atoms with Gasteiger partial charge >= 0.3 is 14.2 Å². The van der Waals surface area contributed by atoms with E-state index >= 15 is 0 Å². The Balaban J connectivity index is 1.20. The van der Waals surface area contributed by atoms with Crippen molar-refractivity contribution < 1.29 is 28.8 Å². The summed E-state index contributed by atoms with van der Waals surface area (Å²) in [5.41, 5.74) is 7.28. The number of hydrogen-bond acceptors (Lipinski definition) is 9. The number of aliphatic hydroxyl groups is 2. The zero-order valence-electron chi connectivity index (χ0n) is 26.4. The van der Waals surface area contributed by atoms with E-state index in [1.165, 1.54) is 58.1 Å². The van der Waals surface area contributed by atoms with Gasteiger partial charge in [0.1, 0.15) is 0 Å². The summed E-state index contributed by atoms with van der Waals surface area (Å²) >= 11 is 5.54. The zero-order valence-corrected chi connectivity index (χ0v) is 28.8. The molecule has 3 aromatic heterocycles. The molecule has 4 aromatic rings. The fraction of sp³-hybridized carbons (Fsp3) is 0.515. The molecule has 0 radical (unpaired) electrons.